The first-order valence-electron chi connectivity index (χ1n) is 10.2. The molecule has 182 valence electrons. The molecule has 0 saturated carbocycles. The zero-order chi connectivity index (χ0) is 24.8. The number of aliphatic imine (C=N–C) groups is 1. The number of hydrogen-bond donors (Lipinski definition) is 6. The van der Waals surface area contributed by atoms with Crippen molar-refractivity contribution in [3.05, 3.63) is 50.3 Å². The van der Waals surface area contributed by atoms with Crippen molar-refractivity contribution in [1.29, 1.82) is 0 Å². The van der Waals surface area contributed by atoms with Crippen molar-refractivity contribution in [2.24, 2.45) is 4.99 Å². The van der Waals surface area contributed by atoms with Crippen LogP contribution in [-0.2, 0) is 9.59 Å². The van der Waals surface area contributed by atoms with Crippen molar-refractivity contribution in [1.82, 2.24) is 16.0 Å². The van der Waals surface area contributed by atoms with E-state index in [0.717, 1.165) is 0 Å². The van der Waals surface area contributed by atoms with E-state index >= 15 is 0 Å². The second-order valence-corrected chi connectivity index (χ2v) is 9.31. The van der Waals surface area contributed by atoms with E-state index in [1.165, 1.54) is 17.4 Å². The van der Waals surface area contributed by atoms with Crippen LogP contribution in [0.4, 0.5) is 5.00 Å². The van der Waals surface area contributed by atoms with Gasteiger partial charge in [0.05, 0.1) is 42.2 Å². The third-order valence-electron chi connectivity index (χ3n) is 4.92. The monoisotopic (exact) mass is 527 g/mol. The number of guanidine groups is 1. The first-order valence-corrected chi connectivity index (χ1v) is 11.8. The number of thiophene rings is 1. The lowest BCUT2D eigenvalue weighted by molar-refractivity contribution is -0.137. The van der Waals surface area contributed by atoms with Crippen molar-refractivity contribution >= 4 is 63.3 Å². The quantitative estimate of drug-likeness (QED) is 0.307. The van der Waals surface area contributed by atoms with E-state index in [0.29, 0.717) is 44.2 Å². The number of carbonyl (C=O) groups excluding carboxylic acids is 2. The van der Waals surface area contributed by atoms with Gasteiger partial charge in [0, 0.05) is 22.0 Å². The number of aliphatic hydroxyl groups excluding tert-OH is 1. The minimum atomic E-state index is -1.12. The summed E-state index contributed by atoms with van der Waals surface area (Å²) in [6.07, 6.45) is -0.914. The van der Waals surface area contributed by atoms with E-state index in [4.69, 9.17) is 23.2 Å². The van der Waals surface area contributed by atoms with Crippen molar-refractivity contribution < 1.29 is 24.6 Å². The lowest BCUT2D eigenvalue weighted by Gasteiger charge is -2.20. The molecule has 13 heteroatoms. The second-order valence-electron chi connectivity index (χ2n) is 7.55. The van der Waals surface area contributed by atoms with Crippen LogP contribution in [0.15, 0.2) is 28.6 Å². The number of aliphatic hydroxyl groups is 1. The molecule has 2 atom stereocenters. The maximum Gasteiger partial charge on any atom is 0.305 e. The van der Waals surface area contributed by atoms with Crippen molar-refractivity contribution in [3.63, 3.8) is 0 Å². The average molecular weight is 528 g/mol. The number of benzene rings is 1. The number of carboxylic acid groups (broad SMARTS) is 1. The Labute approximate surface area is 209 Å². The van der Waals surface area contributed by atoms with Gasteiger partial charge in [-0.3, -0.25) is 19.4 Å². The molecule has 1 aliphatic heterocycles. The van der Waals surface area contributed by atoms with Gasteiger partial charge in [0.1, 0.15) is 0 Å². The van der Waals surface area contributed by atoms with Gasteiger partial charge in [-0.25, -0.2) is 0 Å². The number of carboxylic acids is 1. The Morgan fingerprint density at radius 3 is 2.74 bits per heavy atom. The van der Waals surface area contributed by atoms with Gasteiger partial charge >= 0.3 is 5.97 Å². The van der Waals surface area contributed by atoms with Crippen LogP contribution in [0.3, 0.4) is 0 Å². The maximum atomic E-state index is 12.5. The first kappa shape index (κ1) is 25.8. The number of rotatable bonds is 8. The Morgan fingerprint density at radius 2 is 2.06 bits per heavy atom. The summed E-state index contributed by atoms with van der Waals surface area (Å²) in [6, 6.07) is 3.82. The fourth-order valence-corrected chi connectivity index (χ4v) is 4.49. The molecule has 3 rings (SSSR count). The molecule has 0 radical (unpaired) electrons. The molecular weight excluding hydrogens is 505 g/mol. The Hall–Kier alpha value is -2.86. The molecule has 2 unspecified atom stereocenters. The van der Waals surface area contributed by atoms with Crippen molar-refractivity contribution in [3.8, 4) is 0 Å². The number of hydrogen-bond acceptors (Lipinski definition) is 8. The zero-order valence-corrected chi connectivity index (χ0v) is 20.4. The van der Waals surface area contributed by atoms with Crippen molar-refractivity contribution in [2.75, 3.05) is 25.0 Å². The molecule has 1 aromatic carbocycles. The summed E-state index contributed by atoms with van der Waals surface area (Å²) >= 11 is 13.5. The predicted octanol–water partition coefficient (Wildman–Crippen LogP) is 2.16. The van der Waals surface area contributed by atoms with Crippen LogP contribution in [0.1, 0.15) is 33.9 Å². The zero-order valence-electron chi connectivity index (χ0n) is 18.0. The molecule has 0 saturated heterocycles. The highest BCUT2D eigenvalue weighted by atomic mass is 35.5. The molecule has 0 fully saturated rings. The number of β-amino-alcohol motifs (C(OH)–C–C–N with tert-alkyl or cyclic N) is 1. The predicted molar refractivity (Wildman–Crippen MR) is 131 cm³/mol. The highest BCUT2D eigenvalue weighted by molar-refractivity contribution is 7.14. The molecule has 0 spiro atoms. The van der Waals surface area contributed by atoms with Gasteiger partial charge in [0.25, 0.3) is 5.91 Å². The van der Waals surface area contributed by atoms with Crippen LogP contribution in [0.25, 0.3) is 0 Å². The maximum absolute atomic E-state index is 12.5. The molecule has 34 heavy (non-hydrogen) atoms. The Balaban J connectivity index is 1.58. The minimum Gasteiger partial charge on any atom is -0.481 e. The van der Waals surface area contributed by atoms with E-state index in [1.54, 1.807) is 24.4 Å². The summed E-state index contributed by atoms with van der Waals surface area (Å²) in [6.45, 7) is 2.01. The molecule has 2 heterocycles. The summed E-state index contributed by atoms with van der Waals surface area (Å²) in [7, 11) is 0. The van der Waals surface area contributed by atoms with Crippen molar-refractivity contribution in [2.45, 2.75) is 25.5 Å². The number of anilines is 1. The Bertz CT molecular complexity index is 1120. The molecule has 1 aliphatic rings. The minimum absolute atomic E-state index is 0.285. The fourth-order valence-electron chi connectivity index (χ4n) is 3.20. The third kappa shape index (κ3) is 7.07. The van der Waals surface area contributed by atoms with Gasteiger partial charge in [-0.2, -0.15) is 0 Å². The molecule has 2 amide bonds. The largest absolute Gasteiger partial charge is 0.481 e. The SMILES string of the molecule is Cc1c(Cl)cc(Cl)cc1C(CC(=O)O)NC(=O)CNC(=O)c1csc(NC2=NCC(O)CN2)c1. The van der Waals surface area contributed by atoms with Crippen LogP contribution < -0.4 is 21.3 Å². The van der Waals surface area contributed by atoms with Crippen LogP contribution in [0.2, 0.25) is 10.0 Å². The molecular formula is C21H23Cl2N5O5S. The summed E-state index contributed by atoms with van der Waals surface area (Å²) < 4.78 is 0. The van der Waals surface area contributed by atoms with Gasteiger partial charge in [-0.1, -0.05) is 23.2 Å². The van der Waals surface area contributed by atoms with Crippen LogP contribution in [0, 0.1) is 6.92 Å². The second kappa shape index (κ2) is 11.5. The lowest BCUT2D eigenvalue weighted by atomic mass is 9.98. The van der Waals surface area contributed by atoms with E-state index < -0.39 is 29.9 Å². The number of carbonyl (C=O) groups is 3. The molecule has 6 N–H and O–H groups in total. The van der Waals surface area contributed by atoms with E-state index in [-0.39, 0.29) is 19.5 Å². The van der Waals surface area contributed by atoms with Gasteiger partial charge in [-0.15, -0.1) is 11.3 Å². The van der Waals surface area contributed by atoms with Gasteiger partial charge in [0.2, 0.25) is 5.91 Å². The highest BCUT2D eigenvalue weighted by Gasteiger charge is 2.22. The number of amides is 2. The number of nitrogens with one attached hydrogen (secondary N) is 4. The van der Waals surface area contributed by atoms with Gasteiger partial charge < -0.3 is 31.5 Å². The molecule has 0 aliphatic carbocycles. The summed E-state index contributed by atoms with van der Waals surface area (Å²) in [4.78, 5) is 40.4. The number of nitrogens with zero attached hydrogens (tertiary/aromatic N) is 1. The third-order valence-corrected chi connectivity index (χ3v) is 6.37. The molecule has 1 aromatic heterocycles. The lowest BCUT2D eigenvalue weighted by Crippen LogP contribution is -2.42. The van der Waals surface area contributed by atoms with Gasteiger partial charge in [-0.05, 0) is 36.2 Å². The summed E-state index contributed by atoms with van der Waals surface area (Å²) in [5.74, 6) is -1.65. The number of halogens is 2. The van der Waals surface area contributed by atoms with Crippen LogP contribution in [-0.4, -0.2) is 59.7 Å². The average Bonchev–Trinajstić information content (AvgIpc) is 3.24. The normalized spacial score (nSPS) is 16.1. The summed E-state index contributed by atoms with van der Waals surface area (Å²) in [5, 5.41) is 32.8. The Kier molecular flexibility index (Phi) is 8.72. The van der Waals surface area contributed by atoms with E-state index in [1.807, 2.05) is 0 Å². The fraction of sp³-hybridized carbons (Fsp3) is 0.333. The van der Waals surface area contributed by atoms with E-state index in [2.05, 4.69) is 26.3 Å². The van der Waals surface area contributed by atoms with Crippen LogP contribution in [0.5, 0.6) is 0 Å². The molecule has 0 bridgehead atoms. The van der Waals surface area contributed by atoms with Crippen LogP contribution >= 0.6 is 34.5 Å². The Morgan fingerprint density at radius 1 is 1.29 bits per heavy atom. The smallest absolute Gasteiger partial charge is 0.305 e. The van der Waals surface area contributed by atoms with Gasteiger partial charge in [0.15, 0.2) is 5.96 Å². The number of aliphatic carboxylic acids is 1. The summed E-state index contributed by atoms with van der Waals surface area (Å²) in [5.41, 5.74) is 1.43. The highest BCUT2D eigenvalue weighted by Crippen LogP contribution is 2.30. The topological polar surface area (TPSA) is 152 Å². The first-order chi connectivity index (χ1) is 16.1. The standard InChI is InChI=1S/C21H23Cl2N5O5S/c1-10-14(3-12(22)4-15(10)23)16(5-19(31)32)27-17(30)8-24-20(33)11-2-18(34-9-11)28-21-25-6-13(29)7-26-21/h2-4,9,13,16,29H,5-8H2,1H3,(H,24,33)(H,27,30)(H,31,32)(H2,25,26,28). The molecule has 10 nitrogen and oxygen atoms in total. The van der Waals surface area contributed by atoms with E-state index in [9.17, 15) is 24.6 Å². The molecule has 2 aromatic rings.